The molecule has 4 aromatic rings. The van der Waals surface area contributed by atoms with E-state index in [1.807, 2.05) is 60.7 Å². The Morgan fingerprint density at radius 3 is 1.43 bits per heavy atom. The van der Waals surface area contributed by atoms with Crippen LogP contribution in [0.25, 0.3) is 11.1 Å². The van der Waals surface area contributed by atoms with Gasteiger partial charge < -0.3 is 14.6 Å². The van der Waals surface area contributed by atoms with E-state index in [4.69, 9.17) is 9.68 Å². The van der Waals surface area contributed by atoms with E-state index < -0.39 is 0 Å². The van der Waals surface area contributed by atoms with Gasteiger partial charge in [0.05, 0.1) is 0 Å². The lowest BCUT2D eigenvalue weighted by Crippen LogP contribution is -2.09. The molecule has 0 heterocycles. The fourth-order valence-corrected chi connectivity index (χ4v) is 3.19. The van der Waals surface area contributed by atoms with Crippen LogP contribution in [0.1, 0.15) is 0 Å². The first-order chi connectivity index (χ1) is 13.8. The van der Waals surface area contributed by atoms with Crippen molar-refractivity contribution in [2.45, 2.75) is 0 Å². The minimum absolute atomic E-state index is 0.599. The molecule has 0 aliphatic rings. The Morgan fingerprint density at radius 2 is 0.964 bits per heavy atom. The SMILES string of the molecule is O[B]Oc1ccc(-c2ccc(N(c3ccccc3)c3ccccc3)cc2)cc1. The largest absolute Gasteiger partial charge is 0.569 e. The number of anilines is 3. The second-order valence-corrected chi connectivity index (χ2v) is 6.30. The van der Waals surface area contributed by atoms with Crippen molar-refractivity contribution >= 4 is 24.7 Å². The highest BCUT2D eigenvalue weighted by Crippen LogP contribution is 2.35. The summed E-state index contributed by atoms with van der Waals surface area (Å²) in [5, 5.41) is 8.72. The van der Waals surface area contributed by atoms with Gasteiger partial charge in [0.2, 0.25) is 0 Å². The Morgan fingerprint density at radius 1 is 0.536 bits per heavy atom. The molecule has 28 heavy (non-hydrogen) atoms. The Kier molecular flexibility index (Phi) is 5.41. The molecule has 0 fully saturated rings. The molecule has 3 nitrogen and oxygen atoms in total. The summed E-state index contributed by atoms with van der Waals surface area (Å²) in [7, 11) is 0.686. The molecule has 4 heteroatoms. The number of hydrogen-bond donors (Lipinski definition) is 1. The molecule has 0 aliphatic carbocycles. The lowest BCUT2D eigenvalue weighted by Gasteiger charge is -2.25. The zero-order valence-electron chi connectivity index (χ0n) is 15.3. The van der Waals surface area contributed by atoms with Crippen LogP contribution >= 0.6 is 0 Å². The van der Waals surface area contributed by atoms with Crippen LogP contribution in [0, 0.1) is 0 Å². The van der Waals surface area contributed by atoms with Crippen molar-refractivity contribution in [3.8, 4) is 16.9 Å². The second-order valence-electron chi connectivity index (χ2n) is 6.30. The highest BCUT2D eigenvalue weighted by Gasteiger charge is 2.11. The van der Waals surface area contributed by atoms with Crippen molar-refractivity contribution in [2.24, 2.45) is 0 Å². The molecule has 0 amide bonds. The Bertz CT molecular complexity index is 964. The predicted molar refractivity (Wildman–Crippen MR) is 115 cm³/mol. The van der Waals surface area contributed by atoms with E-state index in [9.17, 15) is 0 Å². The van der Waals surface area contributed by atoms with Crippen molar-refractivity contribution in [3.05, 3.63) is 109 Å². The second kappa shape index (κ2) is 8.46. The highest BCUT2D eigenvalue weighted by atomic mass is 16.5. The molecule has 1 radical (unpaired) electrons. The topological polar surface area (TPSA) is 32.7 Å². The summed E-state index contributed by atoms with van der Waals surface area (Å²) in [4.78, 5) is 2.23. The summed E-state index contributed by atoms with van der Waals surface area (Å²) in [6.07, 6.45) is 0. The molecular weight excluding hydrogens is 345 g/mol. The van der Waals surface area contributed by atoms with E-state index >= 15 is 0 Å². The lowest BCUT2D eigenvalue weighted by atomic mass is 10.0. The summed E-state index contributed by atoms with van der Waals surface area (Å²) >= 11 is 0. The maximum atomic E-state index is 8.72. The van der Waals surface area contributed by atoms with Crippen molar-refractivity contribution in [2.75, 3.05) is 4.90 Å². The average Bonchev–Trinajstić information content (AvgIpc) is 2.77. The minimum Gasteiger partial charge on any atom is -0.537 e. The summed E-state index contributed by atoms with van der Waals surface area (Å²) in [6.45, 7) is 0. The van der Waals surface area contributed by atoms with Gasteiger partial charge in [-0.1, -0.05) is 60.7 Å². The van der Waals surface area contributed by atoms with Crippen LogP contribution in [0.5, 0.6) is 5.75 Å². The van der Waals surface area contributed by atoms with Gasteiger partial charge >= 0.3 is 7.69 Å². The van der Waals surface area contributed by atoms with Gasteiger partial charge in [0.15, 0.2) is 0 Å². The first-order valence-electron chi connectivity index (χ1n) is 9.08. The van der Waals surface area contributed by atoms with Crippen LogP contribution in [0.2, 0.25) is 0 Å². The van der Waals surface area contributed by atoms with Crippen LogP contribution in [0.15, 0.2) is 109 Å². The molecule has 0 aliphatic heterocycles. The highest BCUT2D eigenvalue weighted by molar-refractivity contribution is 6.17. The van der Waals surface area contributed by atoms with Crippen LogP contribution in [-0.2, 0) is 0 Å². The molecule has 4 aromatic carbocycles. The molecule has 0 saturated heterocycles. The molecule has 0 unspecified atom stereocenters. The lowest BCUT2D eigenvalue weighted by molar-refractivity contribution is 0.454. The normalized spacial score (nSPS) is 10.3. The summed E-state index contributed by atoms with van der Waals surface area (Å²) in [6, 6.07) is 36.8. The monoisotopic (exact) mass is 364 g/mol. The van der Waals surface area contributed by atoms with E-state index in [1.165, 1.54) is 0 Å². The molecule has 1 N–H and O–H groups in total. The van der Waals surface area contributed by atoms with Crippen LogP contribution in [0.4, 0.5) is 17.1 Å². The first-order valence-corrected chi connectivity index (χ1v) is 9.08. The van der Waals surface area contributed by atoms with Crippen molar-refractivity contribution in [1.29, 1.82) is 0 Å². The summed E-state index contributed by atoms with van der Waals surface area (Å²) in [5.41, 5.74) is 5.52. The van der Waals surface area contributed by atoms with Gasteiger partial charge in [-0.3, -0.25) is 0 Å². The Hall–Kier alpha value is -3.50. The van der Waals surface area contributed by atoms with Gasteiger partial charge in [0.1, 0.15) is 5.75 Å². The molecular formula is C24H19BNO2. The van der Waals surface area contributed by atoms with E-state index in [-0.39, 0.29) is 0 Å². The van der Waals surface area contributed by atoms with Gasteiger partial charge in [-0.25, -0.2) is 0 Å². The van der Waals surface area contributed by atoms with Gasteiger partial charge in [-0.05, 0) is 59.7 Å². The molecule has 0 saturated carbocycles. The fraction of sp³-hybridized carbons (Fsp3) is 0. The fourth-order valence-electron chi connectivity index (χ4n) is 3.19. The van der Waals surface area contributed by atoms with Gasteiger partial charge in [-0.15, -0.1) is 0 Å². The minimum atomic E-state index is 0.599. The van der Waals surface area contributed by atoms with Crippen molar-refractivity contribution in [1.82, 2.24) is 0 Å². The Labute approximate surface area is 165 Å². The maximum absolute atomic E-state index is 8.72. The first kappa shape index (κ1) is 17.9. The third-order valence-corrected chi connectivity index (χ3v) is 4.53. The van der Waals surface area contributed by atoms with E-state index in [2.05, 4.69) is 53.4 Å². The number of benzene rings is 4. The third-order valence-electron chi connectivity index (χ3n) is 4.53. The molecule has 0 atom stereocenters. The standard InChI is InChI=1S/C24H19BNO2/c27-25-28-24-17-13-20(14-18-24)19-11-15-23(16-12-19)26(21-7-3-1-4-8-21)22-9-5-2-6-10-22/h1-18,27H. The van der Waals surface area contributed by atoms with Crippen LogP contribution < -0.4 is 9.55 Å². The van der Waals surface area contributed by atoms with Crippen molar-refractivity contribution in [3.63, 3.8) is 0 Å². The van der Waals surface area contributed by atoms with Crippen LogP contribution in [-0.4, -0.2) is 12.7 Å². The summed E-state index contributed by atoms with van der Waals surface area (Å²) < 4.78 is 4.97. The zero-order valence-corrected chi connectivity index (χ0v) is 15.3. The van der Waals surface area contributed by atoms with Gasteiger partial charge in [-0.2, -0.15) is 0 Å². The maximum Gasteiger partial charge on any atom is 0.569 e. The van der Waals surface area contributed by atoms with E-state index in [0.717, 1.165) is 28.2 Å². The number of hydrogen-bond acceptors (Lipinski definition) is 3. The number of para-hydroxylation sites is 2. The smallest absolute Gasteiger partial charge is 0.537 e. The van der Waals surface area contributed by atoms with Crippen LogP contribution in [0.3, 0.4) is 0 Å². The number of nitrogens with zero attached hydrogens (tertiary/aromatic N) is 1. The molecule has 0 aromatic heterocycles. The molecule has 4 rings (SSSR count). The van der Waals surface area contributed by atoms with E-state index in [1.54, 1.807) is 0 Å². The predicted octanol–water partition coefficient (Wildman–Crippen LogP) is 5.73. The van der Waals surface area contributed by atoms with Gasteiger partial charge in [0, 0.05) is 17.1 Å². The Balaban J connectivity index is 1.67. The van der Waals surface area contributed by atoms with Crippen molar-refractivity contribution < 1.29 is 9.68 Å². The average molecular weight is 364 g/mol. The number of rotatable bonds is 6. The third kappa shape index (κ3) is 3.92. The zero-order chi connectivity index (χ0) is 19.2. The molecule has 135 valence electrons. The molecule has 0 spiro atoms. The molecule has 0 bridgehead atoms. The van der Waals surface area contributed by atoms with E-state index in [0.29, 0.717) is 13.4 Å². The van der Waals surface area contributed by atoms with Gasteiger partial charge in [0.25, 0.3) is 0 Å². The quantitative estimate of drug-likeness (QED) is 0.444. The summed E-state index contributed by atoms with van der Waals surface area (Å²) in [5.74, 6) is 0.599.